The number of halogens is 3. The molecule has 0 saturated heterocycles. The predicted molar refractivity (Wildman–Crippen MR) is 64.3 cm³/mol. The molecule has 4 nitrogen and oxygen atoms in total. The van der Waals surface area contributed by atoms with Crippen LogP contribution in [0.5, 0.6) is 0 Å². The van der Waals surface area contributed by atoms with Crippen molar-refractivity contribution in [2.75, 3.05) is 5.32 Å². The summed E-state index contributed by atoms with van der Waals surface area (Å²) in [6, 6.07) is 6.38. The van der Waals surface area contributed by atoms with Gasteiger partial charge in [-0.25, -0.2) is 8.78 Å². The summed E-state index contributed by atoms with van der Waals surface area (Å²) in [4.78, 5) is 11.6. The molecule has 0 atom stereocenters. The van der Waals surface area contributed by atoms with Crippen molar-refractivity contribution < 1.29 is 13.6 Å². The topological polar surface area (TPSA) is 54.9 Å². The molecular formula is C10H6ClF2N3OS. The average Bonchev–Trinajstić information content (AvgIpc) is 2.77. The summed E-state index contributed by atoms with van der Waals surface area (Å²) in [6.07, 6.45) is -2.83. The summed E-state index contributed by atoms with van der Waals surface area (Å²) in [5.74, 6) is -0.678. The Morgan fingerprint density at radius 3 is 2.89 bits per heavy atom. The van der Waals surface area contributed by atoms with Crippen LogP contribution < -0.4 is 5.32 Å². The lowest BCUT2D eigenvalue weighted by Gasteiger charge is -2.04. The number of nitrogens with zero attached hydrogens (tertiary/aromatic N) is 2. The molecule has 0 aliphatic carbocycles. The van der Waals surface area contributed by atoms with Gasteiger partial charge in [-0.2, -0.15) is 0 Å². The van der Waals surface area contributed by atoms with Gasteiger partial charge in [-0.1, -0.05) is 22.2 Å². The monoisotopic (exact) mass is 289 g/mol. The highest BCUT2D eigenvalue weighted by molar-refractivity contribution is 7.08. The van der Waals surface area contributed by atoms with Gasteiger partial charge in [-0.3, -0.25) is 4.79 Å². The first-order chi connectivity index (χ1) is 8.58. The number of hydrogen-bond donors (Lipinski definition) is 1. The fourth-order valence-electron chi connectivity index (χ4n) is 1.25. The van der Waals surface area contributed by atoms with Crippen molar-refractivity contribution in [3.63, 3.8) is 0 Å². The number of hydrogen-bond acceptors (Lipinski definition) is 4. The summed E-state index contributed by atoms with van der Waals surface area (Å²) >= 11 is 6.36. The first-order valence-electron chi connectivity index (χ1n) is 4.75. The van der Waals surface area contributed by atoms with Crippen LogP contribution in [0.2, 0.25) is 5.02 Å². The number of carbonyl (C=O) groups excluding carboxylic acids is 1. The van der Waals surface area contributed by atoms with Crippen molar-refractivity contribution in [1.29, 1.82) is 0 Å². The zero-order chi connectivity index (χ0) is 13.1. The Kier molecular flexibility index (Phi) is 3.83. The lowest BCUT2D eigenvalue weighted by Crippen LogP contribution is -2.12. The maximum absolute atomic E-state index is 12.5. The van der Waals surface area contributed by atoms with Crippen LogP contribution in [0.3, 0.4) is 0 Å². The molecule has 0 aliphatic rings. The Morgan fingerprint density at radius 2 is 2.22 bits per heavy atom. The lowest BCUT2D eigenvalue weighted by atomic mass is 10.3. The number of nitrogens with one attached hydrogen (secondary N) is 1. The number of rotatable bonds is 3. The molecule has 0 saturated carbocycles. The minimum atomic E-state index is -2.83. The van der Waals surface area contributed by atoms with Gasteiger partial charge in [0.15, 0.2) is 5.69 Å². The quantitative estimate of drug-likeness (QED) is 0.942. The van der Waals surface area contributed by atoms with Crippen molar-refractivity contribution in [2.45, 2.75) is 6.43 Å². The van der Waals surface area contributed by atoms with Gasteiger partial charge < -0.3 is 5.32 Å². The Balaban J connectivity index is 2.20. The molecule has 1 N–H and O–H groups in total. The van der Waals surface area contributed by atoms with Crippen LogP contribution >= 0.6 is 23.1 Å². The van der Waals surface area contributed by atoms with Gasteiger partial charge in [0.2, 0.25) is 0 Å². The first-order valence-corrected chi connectivity index (χ1v) is 5.90. The number of carbonyl (C=O) groups is 1. The summed E-state index contributed by atoms with van der Waals surface area (Å²) in [7, 11) is 0. The largest absolute Gasteiger partial charge is 0.321 e. The van der Waals surface area contributed by atoms with E-state index in [2.05, 4.69) is 14.9 Å². The van der Waals surface area contributed by atoms with E-state index in [-0.39, 0.29) is 4.88 Å². The zero-order valence-corrected chi connectivity index (χ0v) is 10.3. The fraction of sp³-hybridized carbons (Fsp3) is 0.100. The van der Waals surface area contributed by atoms with Gasteiger partial charge in [0.05, 0.1) is 0 Å². The molecule has 0 unspecified atom stereocenters. The number of amides is 1. The second-order valence-corrected chi connectivity index (χ2v) is 4.44. The molecular weight excluding hydrogens is 284 g/mol. The van der Waals surface area contributed by atoms with Crippen molar-refractivity contribution in [2.24, 2.45) is 0 Å². The highest BCUT2D eigenvalue weighted by Crippen LogP contribution is 2.24. The predicted octanol–water partition coefficient (Wildman–Crippen LogP) is 3.38. The van der Waals surface area contributed by atoms with Gasteiger partial charge in [-0.15, -0.1) is 5.10 Å². The summed E-state index contributed by atoms with van der Waals surface area (Å²) in [5, 5.41) is 6.12. The molecule has 1 heterocycles. The van der Waals surface area contributed by atoms with Crippen LogP contribution in [0.1, 0.15) is 21.8 Å². The van der Waals surface area contributed by atoms with Gasteiger partial charge in [0, 0.05) is 10.7 Å². The number of benzene rings is 1. The smallest absolute Gasteiger partial charge is 0.283 e. The molecule has 94 valence electrons. The third-order valence-electron chi connectivity index (χ3n) is 2.01. The van der Waals surface area contributed by atoms with Gasteiger partial charge in [0.1, 0.15) is 4.88 Å². The number of anilines is 1. The maximum atomic E-state index is 12.5. The molecule has 0 radical (unpaired) electrons. The Morgan fingerprint density at radius 1 is 1.44 bits per heavy atom. The van der Waals surface area contributed by atoms with Gasteiger partial charge in [-0.05, 0) is 29.7 Å². The van der Waals surface area contributed by atoms with Crippen LogP contribution in [-0.2, 0) is 0 Å². The van der Waals surface area contributed by atoms with Crippen molar-refractivity contribution in [1.82, 2.24) is 9.59 Å². The molecule has 0 aliphatic heterocycles. The van der Waals surface area contributed by atoms with Crippen molar-refractivity contribution >= 4 is 34.7 Å². The molecule has 18 heavy (non-hydrogen) atoms. The van der Waals surface area contributed by atoms with E-state index in [4.69, 9.17) is 11.6 Å². The highest BCUT2D eigenvalue weighted by atomic mass is 35.5. The second kappa shape index (κ2) is 5.36. The first kappa shape index (κ1) is 12.8. The molecule has 2 rings (SSSR count). The van der Waals surface area contributed by atoms with E-state index in [0.717, 1.165) is 0 Å². The Labute approximate surface area is 110 Å². The van der Waals surface area contributed by atoms with Crippen LogP contribution in [0.4, 0.5) is 14.5 Å². The highest BCUT2D eigenvalue weighted by Gasteiger charge is 2.23. The SMILES string of the molecule is O=C(Nc1cccc(Cl)c1)c1snnc1C(F)F. The lowest BCUT2D eigenvalue weighted by molar-refractivity contribution is 0.101. The van der Waals surface area contributed by atoms with E-state index in [1.54, 1.807) is 18.2 Å². The molecule has 2 aromatic rings. The zero-order valence-electron chi connectivity index (χ0n) is 8.73. The maximum Gasteiger partial charge on any atom is 0.283 e. The van der Waals surface area contributed by atoms with Gasteiger partial charge in [0.25, 0.3) is 12.3 Å². The molecule has 1 amide bonds. The van der Waals surface area contributed by atoms with E-state index >= 15 is 0 Å². The fourth-order valence-corrected chi connectivity index (χ4v) is 2.01. The average molecular weight is 290 g/mol. The van der Waals surface area contributed by atoms with E-state index in [0.29, 0.717) is 22.2 Å². The molecule has 0 spiro atoms. The van der Waals surface area contributed by atoms with Gasteiger partial charge >= 0.3 is 0 Å². The molecule has 8 heteroatoms. The van der Waals surface area contributed by atoms with Crippen LogP contribution in [-0.4, -0.2) is 15.5 Å². The Bertz CT molecular complexity index is 576. The standard InChI is InChI=1S/C10H6ClF2N3OS/c11-5-2-1-3-6(4-5)14-10(17)8-7(9(12)13)15-16-18-8/h1-4,9H,(H,14,17). The van der Waals surface area contributed by atoms with Crippen molar-refractivity contribution in [3.05, 3.63) is 39.9 Å². The molecule has 0 bridgehead atoms. The van der Waals surface area contributed by atoms with Crippen LogP contribution in [0, 0.1) is 0 Å². The normalized spacial score (nSPS) is 10.7. The Hall–Kier alpha value is -1.60. The summed E-state index contributed by atoms with van der Waals surface area (Å²) < 4.78 is 28.4. The van der Waals surface area contributed by atoms with E-state index < -0.39 is 18.0 Å². The number of aromatic nitrogens is 2. The summed E-state index contributed by atoms with van der Waals surface area (Å²) in [5.41, 5.74) is -0.194. The second-order valence-electron chi connectivity index (χ2n) is 3.25. The number of alkyl halides is 2. The van der Waals surface area contributed by atoms with E-state index in [1.807, 2.05) is 0 Å². The molecule has 1 aromatic heterocycles. The summed E-state index contributed by atoms with van der Waals surface area (Å²) in [6.45, 7) is 0. The van der Waals surface area contributed by atoms with E-state index in [1.165, 1.54) is 6.07 Å². The van der Waals surface area contributed by atoms with Crippen LogP contribution in [0.25, 0.3) is 0 Å². The third kappa shape index (κ3) is 2.80. The molecule has 0 fully saturated rings. The van der Waals surface area contributed by atoms with E-state index in [9.17, 15) is 13.6 Å². The molecule has 1 aromatic carbocycles. The minimum Gasteiger partial charge on any atom is -0.321 e. The third-order valence-corrected chi connectivity index (χ3v) is 2.98. The van der Waals surface area contributed by atoms with Crippen LogP contribution in [0.15, 0.2) is 24.3 Å². The van der Waals surface area contributed by atoms with Crippen molar-refractivity contribution in [3.8, 4) is 0 Å². The minimum absolute atomic E-state index is 0.204.